The first-order valence-corrected chi connectivity index (χ1v) is 7.48. The molecule has 124 valence electrons. The third-order valence-corrected chi connectivity index (χ3v) is 3.39. The molecule has 23 heavy (non-hydrogen) atoms. The number of aryl methyl sites for hydroxylation is 1. The molecule has 0 radical (unpaired) electrons. The van der Waals surface area contributed by atoms with Crippen LogP contribution in [0.3, 0.4) is 0 Å². The van der Waals surface area contributed by atoms with E-state index in [0.717, 1.165) is 5.69 Å². The topological polar surface area (TPSA) is 88.6 Å². The molecule has 7 heteroatoms. The molecule has 0 fully saturated rings. The van der Waals surface area contributed by atoms with E-state index >= 15 is 0 Å². The zero-order valence-corrected chi connectivity index (χ0v) is 13.5. The lowest BCUT2D eigenvalue weighted by molar-refractivity contribution is -0.137. The molecule has 0 saturated carbocycles. The highest BCUT2D eigenvalue weighted by molar-refractivity contribution is 5.93. The Morgan fingerprint density at radius 3 is 2.74 bits per heavy atom. The van der Waals surface area contributed by atoms with Crippen molar-refractivity contribution in [1.82, 2.24) is 14.6 Å². The van der Waals surface area contributed by atoms with E-state index in [-0.39, 0.29) is 30.5 Å². The van der Waals surface area contributed by atoms with Gasteiger partial charge < -0.3 is 19.1 Å². The SMILES string of the molecule is CC(C)CN(CCC(=O)O)C(=O)c1cc(-c2cccn2C)on1. The summed E-state index contributed by atoms with van der Waals surface area (Å²) in [6.45, 7) is 4.57. The van der Waals surface area contributed by atoms with Crippen LogP contribution >= 0.6 is 0 Å². The molecule has 2 heterocycles. The summed E-state index contributed by atoms with van der Waals surface area (Å²) in [5.74, 6) is -0.518. The zero-order chi connectivity index (χ0) is 17.0. The van der Waals surface area contributed by atoms with Crippen LogP contribution in [0.1, 0.15) is 30.8 Å². The summed E-state index contributed by atoms with van der Waals surface area (Å²) >= 11 is 0. The predicted molar refractivity (Wildman–Crippen MR) is 83.9 cm³/mol. The van der Waals surface area contributed by atoms with Crippen molar-refractivity contribution in [3.63, 3.8) is 0 Å². The third kappa shape index (κ3) is 4.21. The lowest BCUT2D eigenvalue weighted by atomic mass is 10.2. The second-order valence-corrected chi connectivity index (χ2v) is 5.87. The standard InChI is InChI=1S/C16H21N3O4/c1-11(2)10-19(8-6-15(20)21)16(22)12-9-14(23-17-12)13-5-4-7-18(13)3/h4-5,7,9,11H,6,8,10H2,1-3H3,(H,20,21). The van der Waals surface area contributed by atoms with E-state index in [4.69, 9.17) is 9.63 Å². The van der Waals surface area contributed by atoms with Gasteiger partial charge >= 0.3 is 5.97 Å². The van der Waals surface area contributed by atoms with Crippen LogP contribution in [0.2, 0.25) is 0 Å². The molecule has 0 aliphatic rings. The van der Waals surface area contributed by atoms with Crippen molar-refractivity contribution in [2.75, 3.05) is 13.1 Å². The quantitative estimate of drug-likeness (QED) is 0.845. The fourth-order valence-corrected chi connectivity index (χ4v) is 2.32. The van der Waals surface area contributed by atoms with E-state index in [1.807, 2.05) is 43.8 Å². The molecule has 1 amide bonds. The van der Waals surface area contributed by atoms with Crippen LogP contribution in [-0.2, 0) is 11.8 Å². The molecule has 2 rings (SSSR count). The molecule has 7 nitrogen and oxygen atoms in total. The minimum absolute atomic E-state index is 0.0963. The fraction of sp³-hybridized carbons (Fsp3) is 0.438. The van der Waals surface area contributed by atoms with Gasteiger partial charge in [0.2, 0.25) is 0 Å². The Hall–Kier alpha value is -2.57. The molecule has 0 atom stereocenters. The monoisotopic (exact) mass is 319 g/mol. The maximum Gasteiger partial charge on any atom is 0.305 e. The van der Waals surface area contributed by atoms with Crippen molar-refractivity contribution >= 4 is 11.9 Å². The first-order chi connectivity index (χ1) is 10.9. The van der Waals surface area contributed by atoms with E-state index in [9.17, 15) is 9.59 Å². The van der Waals surface area contributed by atoms with Crippen molar-refractivity contribution < 1.29 is 19.2 Å². The van der Waals surface area contributed by atoms with Crippen LogP contribution in [-0.4, -0.2) is 44.7 Å². The largest absolute Gasteiger partial charge is 0.481 e. The number of hydrogen-bond donors (Lipinski definition) is 1. The van der Waals surface area contributed by atoms with Gasteiger partial charge in [-0.2, -0.15) is 0 Å². The van der Waals surface area contributed by atoms with E-state index < -0.39 is 5.97 Å². The Kier molecular flexibility index (Phi) is 5.20. The van der Waals surface area contributed by atoms with Gasteiger partial charge in [0.25, 0.3) is 5.91 Å². The number of carbonyl (C=O) groups excluding carboxylic acids is 1. The molecule has 0 spiro atoms. The number of carboxylic acids is 1. The lowest BCUT2D eigenvalue weighted by Gasteiger charge is -2.22. The van der Waals surface area contributed by atoms with Gasteiger partial charge in [0.1, 0.15) is 0 Å². The van der Waals surface area contributed by atoms with Crippen LogP contribution in [0, 0.1) is 5.92 Å². The Bertz CT molecular complexity index is 687. The number of nitrogens with zero attached hydrogens (tertiary/aromatic N) is 3. The van der Waals surface area contributed by atoms with Crippen LogP contribution in [0.5, 0.6) is 0 Å². The maximum atomic E-state index is 12.6. The van der Waals surface area contributed by atoms with Gasteiger partial charge in [0, 0.05) is 32.4 Å². The summed E-state index contributed by atoms with van der Waals surface area (Å²) in [4.78, 5) is 24.8. The van der Waals surface area contributed by atoms with Crippen molar-refractivity contribution in [2.45, 2.75) is 20.3 Å². The molecule has 0 saturated heterocycles. The van der Waals surface area contributed by atoms with Crippen molar-refractivity contribution in [1.29, 1.82) is 0 Å². The Morgan fingerprint density at radius 1 is 1.43 bits per heavy atom. The first kappa shape index (κ1) is 16.8. The average molecular weight is 319 g/mol. The number of hydrogen-bond acceptors (Lipinski definition) is 4. The molecule has 1 N–H and O–H groups in total. The van der Waals surface area contributed by atoms with Gasteiger partial charge in [-0.05, 0) is 18.1 Å². The highest BCUT2D eigenvalue weighted by Crippen LogP contribution is 2.21. The summed E-state index contributed by atoms with van der Waals surface area (Å²) in [5.41, 5.74) is 1.00. The summed E-state index contributed by atoms with van der Waals surface area (Å²) in [6, 6.07) is 5.33. The average Bonchev–Trinajstić information content (AvgIpc) is 3.10. The van der Waals surface area contributed by atoms with Gasteiger partial charge in [-0.15, -0.1) is 0 Å². The van der Waals surface area contributed by atoms with Crippen molar-refractivity contribution in [2.24, 2.45) is 13.0 Å². The minimum atomic E-state index is -0.934. The second kappa shape index (κ2) is 7.13. The van der Waals surface area contributed by atoms with Crippen molar-refractivity contribution in [3.8, 4) is 11.5 Å². The zero-order valence-electron chi connectivity index (χ0n) is 13.5. The molecule has 0 unspecified atom stereocenters. The molecule has 0 bridgehead atoms. The number of aromatic nitrogens is 2. The molecule has 0 aliphatic carbocycles. The minimum Gasteiger partial charge on any atom is -0.481 e. The maximum absolute atomic E-state index is 12.6. The number of amides is 1. The molecule has 2 aromatic heterocycles. The van der Waals surface area contributed by atoms with E-state index in [0.29, 0.717) is 12.3 Å². The molecule has 2 aromatic rings. The van der Waals surface area contributed by atoms with Crippen LogP contribution in [0.4, 0.5) is 0 Å². The molecular weight excluding hydrogens is 298 g/mol. The molecule has 0 aliphatic heterocycles. The second-order valence-electron chi connectivity index (χ2n) is 5.87. The summed E-state index contributed by atoms with van der Waals surface area (Å²) < 4.78 is 7.12. The Morgan fingerprint density at radius 2 is 2.17 bits per heavy atom. The van der Waals surface area contributed by atoms with Crippen LogP contribution < -0.4 is 0 Å². The van der Waals surface area contributed by atoms with Gasteiger partial charge in [-0.25, -0.2) is 0 Å². The van der Waals surface area contributed by atoms with Crippen LogP contribution in [0.15, 0.2) is 28.9 Å². The highest BCUT2D eigenvalue weighted by atomic mass is 16.5. The summed E-state index contributed by atoms with van der Waals surface area (Å²) in [5, 5.41) is 12.7. The number of rotatable bonds is 7. The van der Waals surface area contributed by atoms with E-state index in [2.05, 4.69) is 5.16 Å². The number of carbonyl (C=O) groups is 2. The predicted octanol–water partition coefficient (Wildman–Crippen LogP) is 2.25. The normalized spacial score (nSPS) is 11.0. The van der Waals surface area contributed by atoms with E-state index in [1.54, 1.807) is 6.07 Å². The fourth-order valence-electron chi connectivity index (χ4n) is 2.32. The van der Waals surface area contributed by atoms with Gasteiger partial charge in [0.05, 0.1) is 12.1 Å². The van der Waals surface area contributed by atoms with Crippen molar-refractivity contribution in [3.05, 3.63) is 30.1 Å². The Labute approximate surface area is 134 Å². The van der Waals surface area contributed by atoms with Gasteiger partial charge in [-0.1, -0.05) is 19.0 Å². The lowest BCUT2D eigenvalue weighted by Crippen LogP contribution is -2.36. The van der Waals surface area contributed by atoms with Gasteiger partial charge in [0.15, 0.2) is 11.5 Å². The smallest absolute Gasteiger partial charge is 0.305 e. The molecular formula is C16H21N3O4. The highest BCUT2D eigenvalue weighted by Gasteiger charge is 2.22. The number of carboxylic acid groups (broad SMARTS) is 1. The molecule has 0 aromatic carbocycles. The third-order valence-electron chi connectivity index (χ3n) is 3.39. The van der Waals surface area contributed by atoms with E-state index in [1.165, 1.54) is 4.90 Å². The number of aliphatic carboxylic acids is 1. The summed E-state index contributed by atoms with van der Waals surface area (Å²) in [6.07, 6.45) is 1.78. The Balaban J connectivity index is 2.17. The summed E-state index contributed by atoms with van der Waals surface area (Å²) in [7, 11) is 1.87. The van der Waals surface area contributed by atoms with Gasteiger partial charge in [-0.3, -0.25) is 9.59 Å². The van der Waals surface area contributed by atoms with Crippen LogP contribution in [0.25, 0.3) is 11.5 Å². The first-order valence-electron chi connectivity index (χ1n) is 7.48.